The Kier molecular flexibility index (Phi) is 5.72. The van der Waals surface area contributed by atoms with Gasteiger partial charge in [-0.15, -0.1) is 10.2 Å². The zero-order valence-corrected chi connectivity index (χ0v) is 17.0. The number of nitrogens with zero attached hydrogens (tertiary/aromatic N) is 2. The maximum atomic E-state index is 12.5. The van der Waals surface area contributed by atoms with Crippen molar-refractivity contribution in [3.8, 4) is 11.3 Å². The minimum Gasteiger partial charge on any atom is -0.339 e. The van der Waals surface area contributed by atoms with Gasteiger partial charge in [0.15, 0.2) is 5.82 Å². The van der Waals surface area contributed by atoms with Gasteiger partial charge in [0.25, 0.3) is 5.91 Å². The second kappa shape index (κ2) is 8.76. The molecule has 1 heterocycles. The molecule has 5 nitrogen and oxygen atoms in total. The highest BCUT2D eigenvalue weighted by Gasteiger charge is 2.08. The third-order valence-corrected chi connectivity index (χ3v) is 4.69. The highest BCUT2D eigenvalue weighted by atomic mass is 35.5. The van der Waals surface area contributed by atoms with Gasteiger partial charge in [0, 0.05) is 27.5 Å². The number of anilines is 3. The molecule has 0 fully saturated rings. The van der Waals surface area contributed by atoms with E-state index in [1.165, 1.54) is 5.56 Å². The fraction of sp³-hybridized carbons (Fsp3) is 0.0417. The number of halogens is 1. The lowest BCUT2D eigenvalue weighted by molar-refractivity contribution is 0.102. The molecular formula is C24H19ClN4O. The van der Waals surface area contributed by atoms with Crippen molar-refractivity contribution in [2.24, 2.45) is 0 Å². The van der Waals surface area contributed by atoms with Crippen LogP contribution in [0, 0.1) is 6.92 Å². The molecule has 0 radical (unpaired) electrons. The Bertz CT molecular complexity index is 1190. The number of hydrogen-bond acceptors (Lipinski definition) is 4. The summed E-state index contributed by atoms with van der Waals surface area (Å²) in [6, 6.07) is 26.1. The molecule has 6 heteroatoms. The molecule has 30 heavy (non-hydrogen) atoms. The lowest BCUT2D eigenvalue weighted by atomic mass is 10.1. The van der Waals surface area contributed by atoms with Gasteiger partial charge >= 0.3 is 0 Å². The van der Waals surface area contributed by atoms with E-state index >= 15 is 0 Å². The third-order valence-electron chi connectivity index (χ3n) is 4.46. The lowest BCUT2D eigenvalue weighted by Gasteiger charge is -2.09. The normalized spacial score (nSPS) is 10.5. The Morgan fingerprint density at radius 3 is 2.40 bits per heavy atom. The molecule has 0 saturated carbocycles. The molecule has 0 aliphatic heterocycles. The van der Waals surface area contributed by atoms with E-state index in [9.17, 15) is 4.79 Å². The van der Waals surface area contributed by atoms with Crippen molar-refractivity contribution >= 4 is 34.7 Å². The number of nitrogens with one attached hydrogen (secondary N) is 2. The van der Waals surface area contributed by atoms with Gasteiger partial charge in [-0.2, -0.15) is 0 Å². The topological polar surface area (TPSA) is 66.9 Å². The summed E-state index contributed by atoms with van der Waals surface area (Å²) in [7, 11) is 0. The van der Waals surface area contributed by atoms with Gasteiger partial charge in [-0.3, -0.25) is 4.79 Å². The average Bonchev–Trinajstić information content (AvgIpc) is 2.74. The number of carbonyl (C=O) groups is 1. The van der Waals surface area contributed by atoms with Crippen LogP contribution < -0.4 is 10.6 Å². The lowest BCUT2D eigenvalue weighted by Crippen LogP contribution is -2.12. The molecule has 1 amide bonds. The first kappa shape index (κ1) is 19.6. The first-order valence-corrected chi connectivity index (χ1v) is 9.79. The Hall–Kier alpha value is -3.70. The van der Waals surface area contributed by atoms with Gasteiger partial charge in [0.05, 0.1) is 5.69 Å². The fourth-order valence-corrected chi connectivity index (χ4v) is 3.20. The standard InChI is InChI=1S/C24H19ClN4O/c1-16-5-2-6-17(13-16)22-11-12-23(29-28-22)26-20-9-3-7-18(14-20)24(30)27-21-10-4-8-19(25)15-21/h2-15H,1H3,(H,26,29)(H,27,30). The molecule has 0 bridgehead atoms. The van der Waals surface area contributed by atoms with Gasteiger partial charge in [0.2, 0.25) is 0 Å². The van der Waals surface area contributed by atoms with Crippen LogP contribution in [-0.2, 0) is 0 Å². The van der Waals surface area contributed by atoms with Gasteiger partial charge in [-0.25, -0.2) is 0 Å². The molecule has 0 saturated heterocycles. The van der Waals surface area contributed by atoms with E-state index < -0.39 is 0 Å². The number of rotatable bonds is 5. The number of hydrogen-bond donors (Lipinski definition) is 2. The molecule has 4 rings (SSSR count). The summed E-state index contributed by atoms with van der Waals surface area (Å²) in [5.74, 6) is 0.376. The quantitative estimate of drug-likeness (QED) is 0.414. The van der Waals surface area contributed by atoms with E-state index in [4.69, 9.17) is 11.6 Å². The average molecular weight is 415 g/mol. The van der Waals surface area contributed by atoms with E-state index in [1.54, 1.807) is 36.4 Å². The van der Waals surface area contributed by atoms with Crippen molar-refractivity contribution in [3.05, 3.63) is 101 Å². The zero-order chi connectivity index (χ0) is 20.9. The molecular weight excluding hydrogens is 396 g/mol. The summed E-state index contributed by atoms with van der Waals surface area (Å²) < 4.78 is 0. The van der Waals surface area contributed by atoms with E-state index in [-0.39, 0.29) is 5.91 Å². The molecule has 0 unspecified atom stereocenters. The molecule has 2 N–H and O–H groups in total. The van der Waals surface area contributed by atoms with Gasteiger partial charge in [-0.1, -0.05) is 47.5 Å². The summed E-state index contributed by atoms with van der Waals surface area (Å²) in [5, 5.41) is 15.2. The fourth-order valence-electron chi connectivity index (χ4n) is 3.01. The molecule has 3 aromatic carbocycles. The van der Waals surface area contributed by atoms with Crippen molar-refractivity contribution in [2.75, 3.05) is 10.6 Å². The van der Waals surface area contributed by atoms with E-state index in [1.807, 2.05) is 49.4 Å². The maximum absolute atomic E-state index is 12.5. The third kappa shape index (κ3) is 4.82. The monoisotopic (exact) mass is 414 g/mol. The minimum absolute atomic E-state index is 0.221. The van der Waals surface area contributed by atoms with Crippen molar-refractivity contribution in [3.63, 3.8) is 0 Å². The van der Waals surface area contributed by atoms with Crippen LogP contribution >= 0.6 is 11.6 Å². The highest BCUT2D eigenvalue weighted by Crippen LogP contribution is 2.21. The van der Waals surface area contributed by atoms with E-state index in [0.717, 1.165) is 16.9 Å². The summed E-state index contributed by atoms with van der Waals surface area (Å²) in [4.78, 5) is 12.5. The molecule has 0 aliphatic carbocycles. The second-order valence-corrected chi connectivity index (χ2v) is 7.28. The van der Waals surface area contributed by atoms with Crippen LogP contribution in [0.15, 0.2) is 84.9 Å². The Morgan fingerprint density at radius 2 is 1.63 bits per heavy atom. The van der Waals surface area contributed by atoms with E-state index in [2.05, 4.69) is 26.9 Å². The Labute approximate surface area is 179 Å². The van der Waals surface area contributed by atoms with Crippen LogP contribution in [0.2, 0.25) is 5.02 Å². The number of aromatic nitrogens is 2. The first-order chi connectivity index (χ1) is 14.6. The van der Waals surface area contributed by atoms with Crippen molar-refractivity contribution < 1.29 is 4.79 Å². The molecule has 0 aliphatic rings. The van der Waals surface area contributed by atoms with Crippen molar-refractivity contribution in [2.45, 2.75) is 6.92 Å². The maximum Gasteiger partial charge on any atom is 0.255 e. The van der Waals surface area contributed by atoms with Crippen molar-refractivity contribution in [1.82, 2.24) is 10.2 Å². The largest absolute Gasteiger partial charge is 0.339 e. The Morgan fingerprint density at radius 1 is 0.833 bits per heavy atom. The predicted octanol–water partition coefficient (Wildman–Crippen LogP) is 6.10. The van der Waals surface area contributed by atoms with E-state index in [0.29, 0.717) is 22.1 Å². The van der Waals surface area contributed by atoms with Crippen LogP contribution in [-0.4, -0.2) is 16.1 Å². The summed E-state index contributed by atoms with van der Waals surface area (Å²) in [5.41, 5.74) is 4.90. The number of aryl methyl sites for hydroxylation is 1. The molecule has 0 spiro atoms. The number of carbonyl (C=O) groups excluding carboxylic acids is 1. The summed E-state index contributed by atoms with van der Waals surface area (Å²) in [6.07, 6.45) is 0. The molecule has 4 aromatic rings. The van der Waals surface area contributed by atoms with Crippen LogP contribution in [0.25, 0.3) is 11.3 Å². The predicted molar refractivity (Wildman–Crippen MR) is 121 cm³/mol. The molecule has 1 aromatic heterocycles. The van der Waals surface area contributed by atoms with Gasteiger partial charge in [-0.05, 0) is 61.5 Å². The molecule has 148 valence electrons. The van der Waals surface area contributed by atoms with Gasteiger partial charge in [0.1, 0.15) is 0 Å². The highest BCUT2D eigenvalue weighted by molar-refractivity contribution is 6.31. The minimum atomic E-state index is -0.221. The van der Waals surface area contributed by atoms with Crippen LogP contribution in [0.5, 0.6) is 0 Å². The smallest absolute Gasteiger partial charge is 0.255 e. The number of amides is 1. The summed E-state index contributed by atoms with van der Waals surface area (Å²) >= 11 is 5.97. The summed E-state index contributed by atoms with van der Waals surface area (Å²) in [6.45, 7) is 2.04. The second-order valence-electron chi connectivity index (χ2n) is 6.84. The molecule has 0 atom stereocenters. The first-order valence-electron chi connectivity index (χ1n) is 9.42. The SMILES string of the molecule is Cc1cccc(-c2ccc(Nc3cccc(C(=O)Nc4cccc(Cl)c4)c3)nn2)c1. The zero-order valence-electron chi connectivity index (χ0n) is 16.3. The van der Waals surface area contributed by atoms with Crippen molar-refractivity contribution in [1.29, 1.82) is 0 Å². The van der Waals surface area contributed by atoms with Gasteiger partial charge < -0.3 is 10.6 Å². The Balaban J connectivity index is 1.47. The van der Waals surface area contributed by atoms with Crippen LogP contribution in [0.1, 0.15) is 15.9 Å². The van der Waals surface area contributed by atoms with Crippen LogP contribution in [0.3, 0.4) is 0 Å². The number of benzene rings is 3. The van der Waals surface area contributed by atoms with Crippen LogP contribution in [0.4, 0.5) is 17.2 Å².